The molecule has 2 heterocycles. The molecule has 0 radical (unpaired) electrons. The van der Waals surface area contributed by atoms with E-state index in [-0.39, 0.29) is 16.5 Å². The maximum Gasteiger partial charge on any atom is 0.236 e. The van der Waals surface area contributed by atoms with E-state index in [1.165, 1.54) is 38.5 Å². The number of carbonyl (C=O) groups excluding carboxylic acids is 1. The summed E-state index contributed by atoms with van der Waals surface area (Å²) in [6.07, 6.45) is 13.6. The van der Waals surface area contributed by atoms with E-state index < -0.39 is 0 Å². The fourth-order valence-electron chi connectivity index (χ4n) is 3.21. The summed E-state index contributed by atoms with van der Waals surface area (Å²) in [6, 6.07) is 3.99. The number of nitrogens with zero attached hydrogens (tertiary/aromatic N) is 2. The van der Waals surface area contributed by atoms with Crippen LogP contribution >= 0.6 is 11.8 Å². The molecule has 134 valence electrons. The molecule has 5 heteroatoms. The summed E-state index contributed by atoms with van der Waals surface area (Å²) in [6.45, 7) is 3.38. The third kappa shape index (κ3) is 5.49. The lowest BCUT2D eigenvalue weighted by atomic mass is 10.1. The Bertz CT molecular complexity index is 483. The molecule has 1 aliphatic rings. The minimum absolute atomic E-state index is 0.0734. The molecule has 0 aliphatic carbocycles. The van der Waals surface area contributed by atoms with E-state index in [4.69, 9.17) is 5.73 Å². The van der Waals surface area contributed by atoms with E-state index in [1.807, 2.05) is 17.2 Å². The molecule has 1 aromatic heterocycles. The molecule has 0 bridgehead atoms. The fourth-order valence-corrected chi connectivity index (χ4v) is 4.73. The van der Waals surface area contributed by atoms with Crippen molar-refractivity contribution in [1.82, 2.24) is 9.88 Å². The minimum atomic E-state index is 0.0734. The van der Waals surface area contributed by atoms with Gasteiger partial charge in [0, 0.05) is 31.0 Å². The van der Waals surface area contributed by atoms with Crippen molar-refractivity contribution in [1.29, 1.82) is 0 Å². The van der Waals surface area contributed by atoms with E-state index in [1.54, 1.807) is 18.0 Å². The highest BCUT2D eigenvalue weighted by Crippen LogP contribution is 2.44. The number of rotatable bonds is 11. The molecule has 1 amide bonds. The maximum absolute atomic E-state index is 12.7. The van der Waals surface area contributed by atoms with Crippen LogP contribution in [0.2, 0.25) is 0 Å². The van der Waals surface area contributed by atoms with Crippen LogP contribution in [0.3, 0.4) is 0 Å². The number of thioether (sulfide) groups is 1. The van der Waals surface area contributed by atoms with Crippen molar-refractivity contribution in [2.45, 2.75) is 68.9 Å². The van der Waals surface area contributed by atoms with Crippen LogP contribution in [-0.4, -0.2) is 34.1 Å². The zero-order chi connectivity index (χ0) is 17.2. The van der Waals surface area contributed by atoms with Crippen molar-refractivity contribution in [2.24, 2.45) is 5.73 Å². The number of hydrogen-bond donors (Lipinski definition) is 1. The Labute approximate surface area is 150 Å². The predicted octanol–water partition coefficient (Wildman–Crippen LogP) is 4.12. The maximum atomic E-state index is 12.7. The van der Waals surface area contributed by atoms with Gasteiger partial charge >= 0.3 is 0 Å². The molecule has 4 nitrogen and oxygen atoms in total. The van der Waals surface area contributed by atoms with Crippen molar-refractivity contribution in [3.63, 3.8) is 0 Å². The second-order valence-electron chi connectivity index (χ2n) is 6.49. The van der Waals surface area contributed by atoms with Crippen molar-refractivity contribution >= 4 is 17.7 Å². The molecular weight excluding hydrogens is 318 g/mol. The Balaban J connectivity index is 1.82. The van der Waals surface area contributed by atoms with Crippen molar-refractivity contribution < 1.29 is 4.79 Å². The summed E-state index contributed by atoms with van der Waals surface area (Å²) in [5.74, 6) is 0.255. The SMILES string of the molecule is CCCCCCCCCC1SC(c2cccnc2)N(CCN)C1=O. The number of aromatic nitrogens is 1. The Hall–Kier alpha value is -1.07. The van der Waals surface area contributed by atoms with Gasteiger partial charge in [-0.1, -0.05) is 57.9 Å². The van der Waals surface area contributed by atoms with Crippen LogP contribution in [0.4, 0.5) is 0 Å². The average molecular weight is 350 g/mol. The van der Waals surface area contributed by atoms with Gasteiger partial charge in [-0.2, -0.15) is 0 Å². The van der Waals surface area contributed by atoms with Crippen LogP contribution in [0.5, 0.6) is 0 Å². The van der Waals surface area contributed by atoms with Crippen LogP contribution < -0.4 is 5.73 Å². The molecule has 0 aromatic carbocycles. The van der Waals surface area contributed by atoms with Crippen molar-refractivity contribution in [2.75, 3.05) is 13.1 Å². The van der Waals surface area contributed by atoms with Crippen LogP contribution in [0.1, 0.15) is 69.2 Å². The molecule has 2 N–H and O–H groups in total. The molecule has 1 aliphatic heterocycles. The molecule has 1 saturated heterocycles. The van der Waals surface area contributed by atoms with Gasteiger partial charge in [0.25, 0.3) is 0 Å². The molecule has 2 unspecified atom stereocenters. The summed E-state index contributed by atoms with van der Waals surface area (Å²) in [5, 5.41) is 0.154. The highest BCUT2D eigenvalue weighted by atomic mass is 32.2. The smallest absolute Gasteiger partial charge is 0.236 e. The third-order valence-corrected chi connectivity index (χ3v) is 6.09. The second-order valence-corrected chi connectivity index (χ2v) is 7.78. The Morgan fingerprint density at radius 1 is 1.21 bits per heavy atom. The number of pyridine rings is 1. The molecular formula is C19H31N3OS. The van der Waals surface area contributed by atoms with Gasteiger partial charge in [0.05, 0.1) is 5.25 Å². The Morgan fingerprint density at radius 2 is 1.96 bits per heavy atom. The number of unbranched alkanes of at least 4 members (excludes halogenated alkanes) is 6. The average Bonchev–Trinajstić information content (AvgIpc) is 2.92. The molecule has 2 atom stereocenters. The molecule has 1 aromatic rings. The van der Waals surface area contributed by atoms with Crippen molar-refractivity contribution in [3.8, 4) is 0 Å². The summed E-state index contributed by atoms with van der Waals surface area (Å²) < 4.78 is 0. The van der Waals surface area contributed by atoms with Gasteiger partial charge in [0.15, 0.2) is 0 Å². The Kier molecular flexibility index (Phi) is 8.60. The summed E-state index contributed by atoms with van der Waals surface area (Å²) >= 11 is 1.77. The van der Waals surface area contributed by atoms with Gasteiger partial charge in [-0.15, -0.1) is 11.8 Å². The quantitative estimate of drug-likeness (QED) is 0.610. The van der Waals surface area contributed by atoms with Gasteiger partial charge < -0.3 is 10.6 Å². The Morgan fingerprint density at radius 3 is 2.62 bits per heavy atom. The van der Waals surface area contributed by atoms with E-state index in [0.29, 0.717) is 13.1 Å². The van der Waals surface area contributed by atoms with Gasteiger partial charge in [-0.05, 0) is 12.5 Å². The third-order valence-electron chi connectivity index (χ3n) is 4.54. The molecule has 0 saturated carbocycles. The largest absolute Gasteiger partial charge is 0.329 e. The lowest BCUT2D eigenvalue weighted by Gasteiger charge is -2.23. The molecule has 0 spiro atoms. The first kappa shape index (κ1) is 19.3. The first-order valence-electron chi connectivity index (χ1n) is 9.33. The summed E-state index contributed by atoms with van der Waals surface area (Å²) in [4.78, 5) is 18.9. The van der Waals surface area contributed by atoms with Gasteiger partial charge in [0.1, 0.15) is 5.37 Å². The number of hydrogen-bond acceptors (Lipinski definition) is 4. The highest BCUT2D eigenvalue weighted by molar-refractivity contribution is 8.01. The summed E-state index contributed by atoms with van der Waals surface area (Å²) in [7, 11) is 0. The zero-order valence-corrected chi connectivity index (χ0v) is 15.6. The molecule has 1 fully saturated rings. The normalized spacial score (nSPS) is 20.8. The number of amides is 1. The topological polar surface area (TPSA) is 59.2 Å². The molecule has 2 rings (SSSR count). The van der Waals surface area contributed by atoms with E-state index in [2.05, 4.69) is 18.0 Å². The van der Waals surface area contributed by atoms with Crippen LogP contribution in [0.25, 0.3) is 0 Å². The van der Waals surface area contributed by atoms with E-state index in [9.17, 15) is 4.79 Å². The first-order valence-corrected chi connectivity index (χ1v) is 10.3. The summed E-state index contributed by atoms with van der Waals surface area (Å²) in [5.41, 5.74) is 6.82. The van der Waals surface area contributed by atoms with Crippen molar-refractivity contribution in [3.05, 3.63) is 30.1 Å². The zero-order valence-electron chi connectivity index (χ0n) is 14.8. The first-order chi connectivity index (χ1) is 11.8. The lowest BCUT2D eigenvalue weighted by Crippen LogP contribution is -2.35. The lowest BCUT2D eigenvalue weighted by molar-refractivity contribution is -0.130. The van der Waals surface area contributed by atoms with E-state index >= 15 is 0 Å². The second kappa shape index (κ2) is 10.7. The van der Waals surface area contributed by atoms with E-state index in [0.717, 1.165) is 18.4 Å². The highest BCUT2D eigenvalue weighted by Gasteiger charge is 2.40. The predicted molar refractivity (Wildman–Crippen MR) is 102 cm³/mol. The number of nitrogens with two attached hydrogens (primary N) is 1. The van der Waals surface area contributed by atoms with Crippen LogP contribution in [-0.2, 0) is 4.79 Å². The van der Waals surface area contributed by atoms with Gasteiger partial charge in [-0.3, -0.25) is 9.78 Å². The molecule has 24 heavy (non-hydrogen) atoms. The van der Waals surface area contributed by atoms with Gasteiger partial charge in [0.2, 0.25) is 5.91 Å². The minimum Gasteiger partial charge on any atom is -0.329 e. The standard InChI is InChI=1S/C19H31N3OS/c1-2-3-4-5-6-7-8-11-17-18(23)22(14-12-20)19(24-17)16-10-9-13-21-15-16/h9-10,13,15,17,19H,2-8,11-12,14,20H2,1H3. The monoisotopic (exact) mass is 349 g/mol. The number of carbonyl (C=O) groups is 1. The fraction of sp³-hybridized carbons (Fsp3) is 0.684. The van der Waals surface area contributed by atoms with Crippen LogP contribution in [0, 0.1) is 0 Å². The van der Waals surface area contributed by atoms with Crippen LogP contribution in [0.15, 0.2) is 24.5 Å². The van der Waals surface area contributed by atoms with Gasteiger partial charge in [-0.25, -0.2) is 0 Å².